The minimum atomic E-state index is -0.447. The maximum atomic E-state index is 11.9. The van der Waals surface area contributed by atoms with E-state index in [1.807, 2.05) is 6.07 Å². The number of hydrogen-bond donors (Lipinski definition) is 3. The molecule has 1 aliphatic heterocycles. The van der Waals surface area contributed by atoms with Crippen molar-refractivity contribution < 1.29 is 4.79 Å². The van der Waals surface area contributed by atoms with Gasteiger partial charge in [-0.2, -0.15) is 0 Å². The summed E-state index contributed by atoms with van der Waals surface area (Å²) in [5.74, 6) is 4.56. The van der Waals surface area contributed by atoms with Crippen LogP contribution in [0.15, 0.2) is 12.1 Å². The first-order valence-electron chi connectivity index (χ1n) is 6.82. The van der Waals surface area contributed by atoms with Crippen LogP contribution in [-0.2, 0) is 6.54 Å². The number of hydrogen-bond acceptors (Lipinski definition) is 5. The molecule has 0 aliphatic carbocycles. The van der Waals surface area contributed by atoms with Crippen LogP contribution in [0.5, 0.6) is 0 Å². The number of guanidine groups is 1. The van der Waals surface area contributed by atoms with Gasteiger partial charge in [-0.05, 0) is 38.1 Å². The van der Waals surface area contributed by atoms with E-state index < -0.39 is 11.9 Å². The van der Waals surface area contributed by atoms with Gasteiger partial charge in [0, 0.05) is 11.4 Å². The Labute approximate surface area is 122 Å². The van der Waals surface area contributed by atoms with Crippen molar-refractivity contribution in [2.24, 2.45) is 11.6 Å². The van der Waals surface area contributed by atoms with Crippen LogP contribution in [0.3, 0.4) is 0 Å². The first-order chi connectivity index (χ1) is 9.58. The van der Waals surface area contributed by atoms with Crippen molar-refractivity contribution in [1.29, 1.82) is 5.41 Å². The number of hydrazine groups is 1. The molecule has 1 amide bonds. The maximum Gasteiger partial charge on any atom is 0.285 e. The van der Waals surface area contributed by atoms with Gasteiger partial charge in [0.1, 0.15) is 0 Å². The van der Waals surface area contributed by atoms with Crippen molar-refractivity contribution in [2.45, 2.75) is 32.2 Å². The number of carbonyl (C=O) groups excluding carboxylic acids is 1. The van der Waals surface area contributed by atoms with E-state index >= 15 is 0 Å². The van der Waals surface area contributed by atoms with Crippen LogP contribution in [-0.4, -0.2) is 34.9 Å². The molecule has 0 atom stereocenters. The van der Waals surface area contributed by atoms with E-state index in [2.05, 4.69) is 4.90 Å². The Balaban J connectivity index is 1.97. The van der Waals surface area contributed by atoms with E-state index in [0.717, 1.165) is 24.5 Å². The summed E-state index contributed by atoms with van der Waals surface area (Å²) >= 11 is 1.42. The lowest BCUT2D eigenvalue weighted by Gasteiger charge is -2.18. The van der Waals surface area contributed by atoms with Gasteiger partial charge in [-0.1, -0.05) is 12.8 Å². The molecule has 0 unspecified atom stereocenters. The zero-order valence-corrected chi connectivity index (χ0v) is 12.3. The smallest absolute Gasteiger partial charge is 0.285 e. The molecule has 6 nitrogen and oxygen atoms in total. The number of thiophene rings is 1. The number of rotatable bonds is 3. The second kappa shape index (κ2) is 6.83. The van der Waals surface area contributed by atoms with E-state index in [0.29, 0.717) is 9.89 Å². The molecule has 1 aromatic heterocycles. The molecule has 2 heterocycles. The summed E-state index contributed by atoms with van der Waals surface area (Å²) in [6.45, 7) is 3.12. The van der Waals surface area contributed by atoms with Gasteiger partial charge in [0.15, 0.2) is 0 Å². The minimum absolute atomic E-state index is 0.426. The van der Waals surface area contributed by atoms with Gasteiger partial charge in [-0.25, -0.2) is 10.9 Å². The highest BCUT2D eigenvalue weighted by atomic mass is 32.1. The highest BCUT2D eigenvalue weighted by Gasteiger charge is 2.18. The van der Waals surface area contributed by atoms with Crippen molar-refractivity contribution >= 4 is 23.2 Å². The summed E-state index contributed by atoms with van der Waals surface area (Å²) in [4.78, 5) is 16.0. The SMILES string of the molecule is N=C(N)N(N)C(=O)c1ccc(CN2CCCCCC2)s1. The van der Waals surface area contributed by atoms with E-state index in [-0.39, 0.29) is 0 Å². The summed E-state index contributed by atoms with van der Waals surface area (Å²) in [5.41, 5.74) is 5.21. The van der Waals surface area contributed by atoms with Crippen LogP contribution in [0.4, 0.5) is 0 Å². The van der Waals surface area contributed by atoms with E-state index in [1.54, 1.807) is 6.07 Å². The van der Waals surface area contributed by atoms with Gasteiger partial charge in [0.2, 0.25) is 5.96 Å². The third-order valence-electron chi connectivity index (χ3n) is 3.43. The lowest BCUT2D eigenvalue weighted by atomic mass is 10.2. The van der Waals surface area contributed by atoms with Crippen LogP contribution >= 0.6 is 11.3 Å². The first-order valence-corrected chi connectivity index (χ1v) is 7.64. The average molecular weight is 295 g/mol. The molecular formula is C13H21N5OS. The van der Waals surface area contributed by atoms with Crippen LogP contribution in [0.1, 0.15) is 40.2 Å². The Morgan fingerprint density at radius 2 is 1.95 bits per heavy atom. The number of amides is 1. The molecule has 0 bridgehead atoms. The third kappa shape index (κ3) is 3.78. The molecule has 7 heteroatoms. The second-order valence-electron chi connectivity index (χ2n) is 5.02. The average Bonchev–Trinajstić information content (AvgIpc) is 2.73. The van der Waals surface area contributed by atoms with Gasteiger partial charge in [0.05, 0.1) is 4.88 Å². The highest BCUT2D eigenvalue weighted by molar-refractivity contribution is 7.14. The number of nitrogens with one attached hydrogen (secondary N) is 1. The molecule has 0 saturated carbocycles. The zero-order chi connectivity index (χ0) is 14.5. The molecule has 1 aliphatic rings. The van der Waals surface area contributed by atoms with Crippen LogP contribution in [0, 0.1) is 5.41 Å². The van der Waals surface area contributed by atoms with Crippen molar-refractivity contribution in [2.75, 3.05) is 13.1 Å². The molecule has 0 aromatic carbocycles. The van der Waals surface area contributed by atoms with Crippen LogP contribution in [0.2, 0.25) is 0 Å². The fourth-order valence-corrected chi connectivity index (χ4v) is 3.31. The quantitative estimate of drug-likeness (QED) is 0.257. The summed E-state index contributed by atoms with van der Waals surface area (Å²) in [6, 6.07) is 3.71. The van der Waals surface area contributed by atoms with E-state index in [4.69, 9.17) is 17.0 Å². The van der Waals surface area contributed by atoms with E-state index in [1.165, 1.54) is 37.0 Å². The van der Waals surface area contributed by atoms with Crippen molar-refractivity contribution in [3.63, 3.8) is 0 Å². The molecule has 1 fully saturated rings. The van der Waals surface area contributed by atoms with E-state index in [9.17, 15) is 4.79 Å². The number of likely N-dealkylation sites (tertiary alicyclic amines) is 1. The predicted octanol–water partition coefficient (Wildman–Crippen LogP) is 1.33. The highest BCUT2D eigenvalue weighted by Crippen LogP contribution is 2.21. The Hall–Kier alpha value is -1.44. The Bertz CT molecular complexity index is 479. The summed E-state index contributed by atoms with van der Waals surface area (Å²) in [6.07, 6.45) is 5.12. The molecule has 2 rings (SSSR count). The van der Waals surface area contributed by atoms with Crippen molar-refractivity contribution in [3.8, 4) is 0 Å². The van der Waals surface area contributed by atoms with Crippen molar-refractivity contribution in [1.82, 2.24) is 9.91 Å². The fourth-order valence-electron chi connectivity index (χ4n) is 2.32. The fraction of sp³-hybridized carbons (Fsp3) is 0.538. The number of nitrogens with zero attached hydrogens (tertiary/aromatic N) is 2. The third-order valence-corrected chi connectivity index (χ3v) is 4.49. The monoisotopic (exact) mass is 295 g/mol. The first kappa shape index (κ1) is 15.0. The van der Waals surface area contributed by atoms with Crippen molar-refractivity contribution in [3.05, 3.63) is 21.9 Å². The number of carbonyl (C=O) groups is 1. The molecule has 110 valence electrons. The zero-order valence-electron chi connectivity index (χ0n) is 11.5. The molecule has 1 aromatic rings. The predicted molar refractivity (Wildman–Crippen MR) is 80.3 cm³/mol. The molecule has 1 saturated heterocycles. The molecular weight excluding hydrogens is 274 g/mol. The van der Waals surface area contributed by atoms with Gasteiger partial charge < -0.3 is 5.73 Å². The lowest BCUT2D eigenvalue weighted by Crippen LogP contribution is -2.46. The van der Waals surface area contributed by atoms with Gasteiger partial charge in [-0.3, -0.25) is 15.1 Å². The summed E-state index contributed by atoms with van der Waals surface area (Å²) in [7, 11) is 0. The molecule has 5 N–H and O–H groups in total. The van der Waals surface area contributed by atoms with Gasteiger partial charge in [0.25, 0.3) is 5.91 Å². The Morgan fingerprint density at radius 1 is 1.30 bits per heavy atom. The molecule has 20 heavy (non-hydrogen) atoms. The number of nitrogens with two attached hydrogens (primary N) is 2. The standard InChI is InChI=1S/C13H21N5OS/c14-13(15)18(16)12(19)11-6-5-10(20-11)9-17-7-3-1-2-4-8-17/h5-6H,1-4,7-9,16H2,(H3,14,15). The Morgan fingerprint density at radius 3 is 2.55 bits per heavy atom. The topological polar surface area (TPSA) is 99.4 Å². The normalized spacial score (nSPS) is 16.6. The van der Waals surface area contributed by atoms with Crippen LogP contribution < -0.4 is 11.6 Å². The summed E-state index contributed by atoms with van der Waals surface area (Å²) in [5, 5.41) is 7.84. The molecule has 0 radical (unpaired) electrons. The van der Waals surface area contributed by atoms with Crippen LogP contribution in [0.25, 0.3) is 0 Å². The second-order valence-corrected chi connectivity index (χ2v) is 6.19. The van der Waals surface area contributed by atoms with Gasteiger partial charge >= 0.3 is 0 Å². The Kier molecular flexibility index (Phi) is 5.11. The minimum Gasteiger partial charge on any atom is -0.369 e. The largest absolute Gasteiger partial charge is 0.369 e. The lowest BCUT2D eigenvalue weighted by molar-refractivity contribution is 0.0849. The summed E-state index contributed by atoms with van der Waals surface area (Å²) < 4.78 is 0. The maximum absolute atomic E-state index is 11.9. The van der Waals surface area contributed by atoms with Gasteiger partial charge in [-0.15, -0.1) is 11.3 Å². The molecule has 0 spiro atoms.